The highest BCUT2D eigenvalue weighted by molar-refractivity contribution is 5.45. The Hall–Kier alpha value is -2.16. The highest BCUT2D eigenvalue weighted by Gasteiger charge is 2.16. The van der Waals surface area contributed by atoms with Crippen LogP contribution in [0.1, 0.15) is 30.4 Å². The summed E-state index contributed by atoms with van der Waals surface area (Å²) in [5.74, 6) is 0.418. The van der Waals surface area contributed by atoms with Gasteiger partial charge in [-0.15, -0.1) is 0 Å². The average Bonchev–Trinajstić information content (AvgIpc) is 2.35. The van der Waals surface area contributed by atoms with Crippen LogP contribution in [0.5, 0.6) is 17.2 Å². The molecule has 2 aromatic carbocycles. The first-order chi connectivity index (χ1) is 8.61. The van der Waals surface area contributed by atoms with Crippen molar-refractivity contribution < 1.29 is 15.3 Å². The summed E-state index contributed by atoms with van der Waals surface area (Å²) in [6, 6.07) is 11.6. The topological polar surface area (TPSA) is 60.7 Å². The van der Waals surface area contributed by atoms with Crippen LogP contribution in [-0.2, 0) is 0 Å². The molecule has 3 N–H and O–H groups in total. The summed E-state index contributed by atoms with van der Waals surface area (Å²) in [4.78, 5) is 0. The molecule has 0 aliphatic rings. The van der Waals surface area contributed by atoms with E-state index in [1.54, 1.807) is 24.3 Å². The Morgan fingerprint density at radius 2 is 1.50 bits per heavy atom. The van der Waals surface area contributed by atoms with E-state index in [0.717, 1.165) is 17.5 Å². The molecule has 94 valence electrons. The first-order valence-corrected chi connectivity index (χ1v) is 5.92. The molecule has 0 fully saturated rings. The van der Waals surface area contributed by atoms with Gasteiger partial charge in [-0.05, 0) is 30.2 Å². The van der Waals surface area contributed by atoms with E-state index in [4.69, 9.17) is 0 Å². The number of hydrogen-bond donors (Lipinski definition) is 3. The molecule has 1 unspecified atom stereocenters. The van der Waals surface area contributed by atoms with Gasteiger partial charge in [0.15, 0.2) is 0 Å². The first kappa shape index (κ1) is 12.3. The van der Waals surface area contributed by atoms with E-state index in [2.05, 4.69) is 0 Å². The minimum Gasteiger partial charge on any atom is -0.508 e. The minimum absolute atomic E-state index is 0.0474. The Kier molecular flexibility index (Phi) is 3.42. The zero-order chi connectivity index (χ0) is 13.1. The van der Waals surface area contributed by atoms with Gasteiger partial charge in [0.1, 0.15) is 17.2 Å². The third-order valence-electron chi connectivity index (χ3n) is 3.09. The lowest BCUT2D eigenvalue weighted by molar-refractivity contribution is 0.443. The van der Waals surface area contributed by atoms with Gasteiger partial charge in [-0.2, -0.15) is 0 Å². The van der Waals surface area contributed by atoms with E-state index >= 15 is 0 Å². The molecule has 2 rings (SSSR count). The Balaban J connectivity index is 2.41. The van der Waals surface area contributed by atoms with Crippen LogP contribution >= 0.6 is 0 Å². The van der Waals surface area contributed by atoms with Crippen LogP contribution in [0.4, 0.5) is 0 Å². The third kappa shape index (κ3) is 2.40. The summed E-state index contributed by atoms with van der Waals surface area (Å²) in [5.41, 5.74) is 1.80. The quantitative estimate of drug-likeness (QED) is 0.776. The fraction of sp³-hybridized carbons (Fsp3) is 0.200. The maximum absolute atomic E-state index is 9.90. The largest absolute Gasteiger partial charge is 0.508 e. The minimum atomic E-state index is 0.0474. The Morgan fingerprint density at radius 3 is 2.06 bits per heavy atom. The summed E-state index contributed by atoms with van der Waals surface area (Å²) >= 11 is 0. The van der Waals surface area contributed by atoms with Crippen LogP contribution in [0.25, 0.3) is 0 Å². The van der Waals surface area contributed by atoms with Crippen LogP contribution in [0.2, 0.25) is 0 Å². The van der Waals surface area contributed by atoms with Gasteiger partial charge in [0.2, 0.25) is 0 Å². The summed E-state index contributed by atoms with van der Waals surface area (Å²) < 4.78 is 0. The zero-order valence-corrected chi connectivity index (χ0v) is 10.2. The molecule has 3 heteroatoms. The van der Waals surface area contributed by atoms with Crippen LogP contribution in [0, 0.1) is 0 Å². The van der Waals surface area contributed by atoms with E-state index in [0.29, 0.717) is 0 Å². The molecule has 0 aliphatic carbocycles. The van der Waals surface area contributed by atoms with Crippen LogP contribution in [-0.4, -0.2) is 15.3 Å². The monoisotopic (exact) mass is 244 g/mol. The highest BCUT2D eigenvalue weighted by atomic mass is 16.3. The molecule has 0 heterocycles. The van der Waals surface area contributed by atoms with Gasteiger partial charge in [-0.1, -0.05) is 25.1 Å². The molecule has 2 aromatic rings. The summed E-state index contributed by atoms with van der Waals surface area (Å²) in [6.07, 6.45) is 0.823. The van der Waals surface area contributed by atoms with E-state index in [1.807, 2.05) is 19.1 Å². The second-order valence-electron chi connectivity index (χ2n) is 4.30. The second kappa shape index (κ2) is 5.00. The summed E-state index contributed by atoms with van der Waals surface area (Å²) in [5, 5.41) is 28.5. The van der Waals surface area contributed by atoms with Crippen molar-refractivity contribution in [2.45, 2.75) is 19.3 Å². The van der Waals surface area contributed by atoms with E-state index < -0.39 is 0 Å². The van der Waals surface area contributed by atoms with Gasteiger partial charge >= 0.3 is 0 Å². The molecular formula is C15H16O3. The van der Waals surface area contributed by atoms with Gasteiger partial charge in [-0.3, -0.25) is 0 Å². The summed E-state index contributed by atoms with van der Waals surface area (Å²) in [6.45, 7) is 2.03. The van der Waals surface area contributed by atoms with E-state index in [-0.39, 0.29) is 23.2 Å². The highest BCUT2D eigenvalue weighted by Crippen LogP contribution is 2.35. The molecule has 0 amide bonds. The summed E-state index contributed by atoms with van der Waals surface area (Å²) in [7, 11) is 0. The molecule has 0 aliphatic heterocycles. The Labute approximate surface area is 106 Å². The number of aromatic hydroxyl groups is 3. The molecule has 0 saturated carbocycles. The Morgan fingerprint density at radius 1 is 0.889 bits per heavy atom. The fourth-order valence-electron chi connectivity index (χ4n) is 2.17. The molecule has 0 spiro atoms. The normalized spacial score (nSPS) is 12.3. The number of phenolic OH excluding ortho intramolecular Hbond substituents is 3. The smallest absolute Gasteiger partial charge is 0.123 e. The predicted octanol–water partition coefficient (Wildman–Crippen LogP) is 3.35. The Bertz CT molecular complexity index is 532. The van der Waals surface area contributed by atoms with Crippen molar-refractivity contribution >= 4 is 0 Å². The fourth-order valence-corrected chi connectivity index (χ4v) is 2.17. The molecule has 0 aromatic heterocycles. The number of phenols is 3. The van der Waals surface area contributed by atoms with Crippen molar-refractivity contribution in [2.24, 2.45) is 0 Å². The van der Waals surface area contributed by atoms with Gasteiger partial charge in [0, 0.05) is 17.5 Å². The molecule has 0 radical (unpaired) electrons. The molecule has 1 atom stereocenters. The van der Waals surface area contributed by atoms with E-state index in [9.17, 15) is 15.3 Å². The van der Waals surface area contributed by atoms with Crippen LogP contribution in [0.3, 0.4) is 0 Å². The molecule has 18 heavy (non-hydrogen) atoms. The van der Waals surface area contributed by atoms with Gasteiger partial charge < -0.3 is 15.3 Å². The lowest BCUT2D eigenvalue weighted by Gasteiger charge is -2.17. The van der Waals surface area contributed by atoms with Crippen molar-refractivity contribution in [1.82, 2.24) is 0 Å². The van der Waals surface area contributed by atoms with Gasteiger partial charge in [0.05, 0.1) is 0 Å². The SMILES string of the molecule is CCC(c1ccc(O)cc1)c1ccc(O)cc1O. The van der Waals surface area contributed by atoms with Crippen molar-refractivity contribution in [1.29, 1.82) is 0 Å². The van der Waals surface area contributed by atoms with Crippen LogP contribution < -0.4 is 0 Å². The van der Waals surface area contributed by atoms with Crippen LogP contribution in [0.15, 0.2) is 42.5 Å². The lowest BCUT2D eigenvalue weighted by atomic mass is 9.88. The molecular weight excluding hydrogens is 228 g/mol. The van der Waals surface area contributed by atoms with Crippen molar-refractivity contribution in [3.63, 3.8) is 0 Å². The van der Waals surface area contributed by atoms with Crippen molar-refractivity contribution in [3.05, 3.63) is 53.6 Å². The second-order valence-corrected chi connectivity index (χ2v) is 4.30. The van der Waals surface area contributed by atoms with Gasteiger partial charge in [0.25, 0.3) is 0 Å². The average molecular weight is 244 g/mol. The molecule has 0 saturated heterocycles. The zero-order valence-electron chi connectivity index (χ0n) is 10.2. The van der Waals surface area contributed by atoms with Crippen molar-refractivity contribution in [3.8, 4) is 17.2 Å². The van der Waals surface area contributed by atoms with Gasteiger partial charge in [-0.25, -0.2) is 0 Å². The number of hydrogen-bond acceptors (Lipinski definition) is 3. The standard InChI is InChI=1S/C15H16O3/c1-2-13(10-3-5-11(16)6-4-10)14-8-7-12(17)9-15(14)18/h3-9,13,16-18H,2H2,1H3. The maximum Gasteiger partial charge on any atom is 0.123 e. The lowest BCUT2D eigenvalue weighted by Crippen LogP contribution is -1.99. The molecule has 0 bridgehead atoms. The number of rotatable bonds is 3. The maximum atomic E-state index is 9.90. The predicted molar refractivity (Wildman–Crippen MR) is 70.0 cm³/mol. The molecule has 3 nitrogen and oxygen atoms in total. The first-order valence-electron chi connectivity index (χ1n) is 5.92. The number of benzene rings is 2. The van der Waals surface area contributed by atoms with E-state index in [1.165, 1.54) is 6.07 Å². The third-order valence-corrected chi connectivity index (χ3v) is 3.09. The van der Waals surface area contributed by atoms with Crippen molar-refractivity contribution in [2.75, 3.05) is 0 Å².